The first-order chi connectivity index (χ1) is 11.0. The van der Waals surface area contributed by atoms with Gasteiger partial charge in [0.2, 0.25) is 0 Å². The second-order valence-corrected chi connectivity index (χ2v) is 6.72. The van der Waals surface area contributed by atoms with E-state index in [1.54, 1.807) is 11.9 Å². The number of benzene rings is 2. The first-order valence-electron chi connectivity index (χ1n) is 7.67. The molecule has 0 radical (unpaired) electrons. The second kappa shape index (κ2) is 8.16. The maximum Gasteiger partial charge on any atom is 0.260 e. The molecule has 0 aliphatic heterocycles. The van der Waals surface area contributed by atoms with Crippen LogP contribution in [0.4, 0.5) is 0 Å². The molecule has 1 amide bonds. The number of hydrogen-bond acceptors (Lipinski definition) is 2. The number of ether oxygens (including phenoxy) is 1. The lowest BCUT2D eigenvalue weighted by Crippen LogP contribution is -2.31. The number of carbonyl (C=O) groups excluding carboxylic acids is 1. The van der Waals surface area contributed by atoms with Gasteiger partial charge in [-0.1, -0.05) is 50.2 Å². The number of likely N-dealkylation sites (N-methyl/N-ethyl adjacent to an activating group) is 1. The van der Waals surface area contributed by atoms with Gasteiger partial charge in [0.05, 0.1) is 4.47 Å². The number of amides is 1. The summed E-state index contributed by atoms with van der Waals surface area (Å²) in [5.41, 5.74) is 2.34. The van der Waals surface area contributed by atoms with Gasteiger partial charge < -0.3 is 9.64 Å². The van der Waals surface area contributed by atoms with Crippen LogP contribution in [0.15, 0.2) is 53.0 Å². The topological polar surface area (TPSA) is 29.5 Å². The van der Waals surface area contributed by atoms with Gasteiger partial charge in [-0.25, -0.2) is 0 Å². The fourth-order valence-corrected chi connectivity index (χ4v) is 2.70. The van der Waals surface area contributed by atoms with Gasteiger partial charge in [0.1, 0.15) is 5.75 Å². The predicted molar refractivity (Wildman–Crippen MR) is 96.6 cm³/mol. The van der Waals surface area contributed by atoms with Crippen molar-refractivity contribution < 1.29 is 9.53 Å². The summed E-state index contributed by atoms with van der Waals surface area (Å²) in [6, 6.07) is 15.9. The number of carbonyl (C=O) groups is 1. The molecule has 3 nitrogen and oxygen atoms in total. The van der Waals surface area contributed by atoms with Gasteiger partial charge >= 0.3 is 0 Å². The summed E-state index contributed by atoms with van der Waals surface area (Å²) in [5, 5.41) is 0. The minimum Gasteiger partial charge on any atom is -0.483 e. The third-order valence-corrected chi connectivity index (χ3v) is 4.28. The van der Waals surface area contributed by atoms with Crippen LogP contribution >= 0.6 is 15.9 Å². The van der Waals surface area contributed by atoms with Gasteiger partial charge in [-0.2, -0.15) is 0 Å². The summed E-state index contributed by atoms with van der Waals surface area (Å²) < 4.78 is 6.53. The van der Waals surface area contributed by atoms with E-state index in [9.17, 15) is 4.79 Å². The highest BCUT2D eigenvalue weighted by Gasteiger charge is 2.12. The van der Waals surface area contributed by atoms with Gasteiger partial charge in [-0.05, 0) is 45.1 Å². The van der Waals surface area contributed by atoms with Crippen molar-refractivity contribution in [2.24, 2.45) is 0 Å². The molecule has 23 heavy (non-hydrogen) atoms. The molecule has 0 unspecified atom stereocenters. The van der Waals surface area contributed by atoms with Crippen molar-refractivity contribution in [2.45, 2.75) is 26.3 Å². The Morgan fingerprint density at radius 1 is 1.17 bits per heavy atom. The van der Waals surface area contributed by atoms with Crippen LogP contribution in [0.25, 0.3) is 0 Å². The predicted octanol–water partition coefficient (Wildman–Crippen LogP) is 4.61. The van der Waals surface area contributed by atoms with E-state index in [0.717, 1.165) is 10.0 Å². The molecule has 0 aliphatic rings. The third-order valence-electron chi connectivity index (χ3n) is 3.66. The van der Waals surface area contributed by atoms with Crippen molar-refractivity contribution in [3.8, 4) is 5.75 Å². The molecule has 0 N–H and O–H groups in total. The molecule has 0 saturated carbocycles. The van der Waals surface area contributed by atoms with E-state index in [1.807, 2.05) is 48.5 Å². The van der Waals surface area contributed by atoms with Crippen molar-refractivity contribution in [2.75, 3.05) is 13.7 Å². The highest BCUT2D eigenvalue weighted by Crippen LogP contribution is 2.28. The molecule has 2 aromatic carbocycles. The number of rotatable bonds is 6. The standard InChI is InChI=1S/C19H22BrNO2/c1-14(2)16-9-10-18(17(20)11-16)23-13-19(22)21(3)12-15-7-5-4-6-8-15/h4-11,14H,12-13H2,1-3H3. The van der Waals surface area contributed by atoms with Crippen LogP contribution in [0.3, 0.4) is 0 Å². The van der Waals surface area contributed by atoms with Crippen molar-refractivity contribution in [1.29, 1.82) is 0 Å². The van der Waals surface area contributed by atoms with Gasteiger partial charge in [-0.3, -0.25) is 4.79 Å². The Morgan fingerprint density at radius 3 is 2.48 bits per heavy atom. The lowest BCUT2D eigenvalue weighted by molar-refractivity contribution is -0.132. The minimum atomic E-state index is -0.0475. The van der Waals surface area contributed by atoms with Crippen LogP contribution in [-0.2, 0) is 11.3 Å². The van der Waals surface area contributed by atoms with Gasteiger partial charge in [0, 0.05) is 13.6 Å². The quantitative estimate of drug-likeness (QED) is 0.737. The van der Waals surface area contributed by atoms with E-state index in [1.165, 1.54) is 5.56 Å². The Hall–Kier alpha value is -1.81. The Labute approximate surface area is 146 Å². The molecule has 0 atom stereocenters. The van der Waals surface area contributed by atoms with Crippen molar-refractivity contribution in [3.63, 3.8) is 0 Å². The molecule has 2 rings (SSSR count). The lowest BCUT2D eigenvalue weighted by Gasteiger charge is -2.18. The number of hydrogen-bond donors (Lipinski definition) is 0. The fraction of sp³-hybridized carbons (Fsp3) is 0.316. The largest absolute Gasteiger partial charge is 0.483 e. The Bertz CT molecular complexity index is 656. The van der Waals surface area contributed by atoms with E-state index in [4.69, 9.17) is 4.74 Å². The molecular formula is C19H22BrNO2. The fourth-order valence-electron chi connectivity index (χ4n) is 2.19. The third kappa shape index (κ3) is 5.10. The molecule has 0 aliphatic carbocycles. The molecule has 0 fully saturated rings. The molecule has 2 aromatic rings. The normalized spacial score (nSPS) is 10.7. The molecule has 0 saturated heterocycles. The van der Waals surface area contributed by atoms with Crippen molar-refractivity contribution >= 4 is 21.8 Å². The van der Waals surface area contributed by atoms with E-state index < -0.39 is 0 Å². The van der Waals surface area contributed by atoms with Crippen LogP contribution in [-0.4, -0.2) is 24.5 Å². The molecule has 0 aromatic heterocycles. The maximum atomic E-state index is 12.2. The Morgan fingerprint density at radius 2 is 1.87 bits per heavy atom. The number of halogens is 1. The molecular weight excluding hydrogens is 354 g/mol. The highest BCUT2D eigenvalue weighted by molar-refractivity contribution is 9.10. The molecule has 0 spiro atoms. The van der Waals surface area contributed by atoms with E-state index in [-0.39, 0.29) is 12.5 Å². The Kier molecular flexibility index (Phi) is 6.22. The van der Waals surface area contributed by atoms with Crippen LogP contribution in [0.1, 0.15) is 30.9 Å². The van der Waals surface area contributed by atoms with Crippen molar-refractivity contribution in [1.82, 2.24) is 4.90 Å². The highest BCUT2D eigenvalue weighted by atomic mass is 79.9. The second-order valence-electron chi connectivity index (χ2n) is 5.87. The Balaban J connectivity index is 1.91. The summed E-state index contributed by atoms with van der Waals surface area (Å²) in [6.07, 6.45) is 0. The first-order valence-corrected chi connectivity index (χ1v) is 8.47. The van der Waals surface area contributed by atoms with Crippen LogP contribution in [0.2, 0.25) is 0 Å². The zero-order valence-corrected chi connectivity index (χ0v) is 15.3. The summed E-state index contributed by atoms with van der Waals surface area (Å²) in [7, 11) is 1.79. The van der Waals surface area contributed by atoms with E-state index >= 15 is 0 Å². The van der Waals surface area contributed by atoms with Crippen LogP contribution in [0.5, 0.6) is 5.75 Å². The van der Waals surface area contributed by atoms with Gasteiger partial charge in [0.15, 0.2) is 6.61 Å². The maximum absolute atomic E-state index is 12.2. The zero-order chi connectivity index (χ0) is 16.8. The summed E-state index contributed by atoms with van der Waals surface area (Å²) in [5.74, 6) is 1.10. The van der Waals surface area contributed by atoms with Gasteiger partial charge in [-0.15, -0.1) is 0 Å². The average Bonchev–Trinajstić information content (AvgIpc) is 2.54. The monoisotopic (exact) mass is 375 g/mol. The molecule has 122 valence electrons. The van der Waals surface area contributed by atoms with E-state index in [2.05, 4.69) is 29.8 Å². The molecule has 0 bridgehead atoms. The lowest BCUT2D eigenvalue weighted by atomic mass is 10.0. The first kappa shape index (κ1) is 17.5. The summed E-state index contributed by atoms with van der Waals surface area (Å²) in [4.78, 5) is 13.9. The smallest absolute Gasteiger partial charge is 0.260 e. The average molecular weight is 376 g/mol. The minimum absolute atomic E-state index is 0.0307. The van der Waals surface area contributed by atoms with Gasteiger partial charge in [0.25, 0.3) is 5.91 Å². The molecule has 0 heterocycles. The van der Waals surface area contributed by atoms with Crippen LogP contribution in [0, 0.1) is 0 Å². The van der Waals surface area contributed by atoms with E-state index in [0.29, 0.717) is 18.2 Å². The number of nitrogens with zero attached hydrogens (tertiary/aromatic N) is 1. The molecule has 4 heteroatoms. The zero-order valence-electron chi connectivity index (χ0n) is 13.8. The SMILES string of the molecule is CC(C)c1ccc(OCC(=O)N(C)Cc2ccccc2)c(Br)c1. The summed E-state index contributed by atoms with van der Waals surface area (Å²) >= 11 is 3.51. The van der Waals surface area contributed by atoms with Crippen LogP contribution < -0.4 is 4.74 Å². The summed E-state index contributed by atoms with van der Waals surface area (Å²) in [6.45, 7) is 4.90. The van der Waals surface area contributed by atoms with Crippen molar-refractivity contribution in [3.05, 3.63) is 64.1 Å².